The summed E-state index contributed by atoms with van der Waals surface area (Å²) in [5.74, 6) is 0.747. The van der Waals surface area contributed by atoms with Crippen molar-refractivity contribution in [1.29, 1.82) is 0 Å². The van der Waals surface area contributed by atoms with E-state index in [4.69, 9.17) is 16.6 Å². The van der Waals surface area contributed by atoms with Gasteiger partial charge in [0, 0.05) is 39.0 Å². The minimum absolute atomic E-state index is 0.158. The van der Waals surface area contributed by atoms with Crippen LogP contribution in [-0.4, -0.2) is 30.6 Å². The highest BCUT2D eigenvalue weighted by molar-refractivity contribution is 6.30. The van der Waals surface area contributed by atoms with Crippen molar-refractivity contribution in [3.8, 4) is 17.2 Å². The number of carbonyl (C=O) groups is 1. The number of carbonyl (C=O) groups excluding carboxylic acids is 1. The number of nitrogens with zero attached hydrogens (tertiary/aromatic N) is 3. The molecular formula is C30H25ClN6O2. The molecule has 0 radical (unpaired) electrons. The molecule has 0 aliphatic rings. The number of para-hydroxylation sites is 1. The van der Waals surface area contributed by atoms with Crippen molar-refractivity contribution in [3.63, 3.8) is 0 Å². The van der Waals surface area contributed by atoms with Crippen LogP contribution in [0.4, 0.5) is 5.69 Å². The van der Waals surface area contributed by atoms with Crippen LogP contribution in [0.1, 0.15) is 36.8 Å². The van der Waals surface area contributed by atoms with E-state index in [0.717, 1.165) is 16.6 Å². The summed E-state index contributed by atoms with van der Waals surface area (Å²) in [6.45, 7) is 6.28. The van der Waals surface area contributed by atoms with E-state index in [-0.39, 0.29) is 16.9 Å². The molecule has 3 aromatic carbocycles. The molecule has 0 atom stereocenters. The van der Waals surface area contributed by atoms with Crippen LogP contribution >= 0.6 is 11.6 Å². The van der Waals surface area contributed by atoms with Crippen LogP contribution in [0.3, 0.4) is 0 Å². The first kappa shape index (κ1) is 24.6. The number of halogens is 1. The molecule has 8 nitrogen and oxygen atoms in total. The lowest BCUT2D eigenvalue weighted by Gasteiger charge is -2.14. The Kier molecular flexibility index (Phi) is 5.84. The highest BCUT2D eigenvalue weighted by Crippen LogP contribution is 2.30. The highest BCUT2D eigenvalue weighted by Gasteiger charge is 2.23. The molecule has 0 spiro atoms. The molecule has 0 saturated carbocycles. The van der Waals surface area contributed by atoms with Gasteiger partial charge in [-0.3, -0.25) is 19.3 Å². The minimum atomic E-state index is -0.284. The van der Waals surface area contributed by atoms with Gasteiger partial charge in [0.25, 0.3) is 11.5 Å². The molecule has 0 unspecified atom stereocenters. The third-order valence-electron chi connectivity index (χ3n) is 6.61. The van der Waals surface area contributed by atoms with Gasteiger partial charge in [-0.25, -0.2) is 4.98 Å². The lowest BCUT2D eigenvalue weighted by Crippen LogP contribution is -2.12. The molecule has 0 fully saturated rings. The van der Waals surface area contributed by atoms with Crippen LogP contribution in [0.5, 0.6) is 0 Å². The van der Waals surface area contributed by atoms with Gasteiger partial charge in [0.2, 0.25) is 0 Å². The number of nitrogens with one attached hydrogen (secondary N) is 3. The molecule has 0 aliphatic heterocycles. The molecule has 3 N–H and O–H groups in total. The van der Waals surface area contributed by atoms with Gasteiger partial charge in [-0.1, -0.05) is 50.6 Å². The number of amides is 1. The predicted molar refractivity (Wildman–Crippen MR) is 155 cm³/mol. The standard InChI is InChI=1S/C30H25ClN6O2/c1-30(2,3)25-16-26(36-35-25)37-24-13-8-18(28(38)32-20-11-9-19(31)10-12-20)15-23(24)33-27(37)21-14-17-6-4-5-7-22(17)34-29(21)39/h4-16H,1-3H3,(H,32,38)(H,34,39)(H,35,36). The molecule has 3 heterocycles. The number of aromatic nitrogens is 5. The first-order chi connectivity index (χ1) is 18.7. The smallest absolute Gasteiger partial charge is 0.259 e. The largest absolute Gasteiger partial charge is 0.322 e. The van der Waals surface area contributed by atoms with E-state index in [9.17, 15) is 9.59 Å². The number of hydrogen-bond donors (Lipinski definition) is 3. The summed E-state index contributed by atoms with van der Waals surface area (Å²) in [5.41, 5.74) is 3.99. The Morgan fingerprint density at radius 2 is 1.74 bits per heavy atom. The van der Waals surface area contributed by atoms with E-state index in [2.05, 4.69) is 41.3 Å². The average molecular weight is 537 g/mol. The number of imidazole rings is 1. The van der Waals surface area contributed by atoms with Gasteiger partial charge in [-0.05, 0) is 60.0 Å². The van der Waals surface area contributed by atoms with E-state index in [1.807, 2.05) is 47.0 Å². The Morgan fingerprint density at radius 1 is 0.974 bits per heavy atom. The normalized spacial score (nSPS) is 11.8. The molecule has 9 heteroatoms. The molecule has 1 amide bonds. The van der Waals surface area contributed by atoms with Crippen molar-refractivity contribution in [2.24, 2.45) is 0 Å². The molecule has 6 rings (SSSR count). The Morgan fingerprint density at radius 3 is 2.49 bits per heavy atom. The minimum Gasteiger partial charge on any atom is -0.322 e. The zero-order valence-corrected chi connectivity index (χ0v) is 22.3. The fourth-order valence-electron chi connectivity index (χ4n) is 4.49. The van der Waals surface area contributed by atoms with E-state index in [0.29, 0.717) is 44.5 Å². The fraction of sp³-hybridized carbons (Fsp3) is 0.133. The summed E-state index contributed by atoms with van der Waals surface area (Å²) in [6, 6.07) is 23.6. The van der Waals surface area contributed by atoms with E-state index < -0.39 is 0 Å². The molecule has 39 heavy (non-hydrogen) atoms. The van der Waals surface area contributed by atoms with Gasteiger partial charge in [0.15, 0.2) is 11.6 Å². The Hall–Kier alpha value is -4.69. The molecule has 0 saturated heterocycles. The number of H-pyrrole nitrogens is 2. The van der Waals surface area contributed by atoms with Gasteiger partial charge >= 0.3 is 0 Å². The first-order valence-corrected chi connectivity index (χ1v) is 12.8. The van der Waals surface area contributed by atoms with Crippen molar-refractivity contribution in [3.05, 3.63) is 105 Å². The summed E-state index contributed by atoms with van der Waals surface area (Å²) in [6.07, 6.45) is 0. The van der Waals surface area contributed by atoms with Crippen LogP contribution in [0, 0.1) is 0 Å². The second kappa shape index (κ2) is 9.25. The lowest BCUT2D eigenvalue weighted by molar-refractivity contribution is 0.102. The first-order valence-electron chi connectivity index (χ1n) is 12.5. The second-order valence-electron chi connectivity index (χ2n) is 10.4. The van der Waals surface area contributed by atoms with Gasteiger partial charge < -0.3 is 10.3 Å². The summed E-state index contributed by atoms with van der Waals surface area (Å²) < 4.78 is 1.85. The summed E-state index contributed by atoms with van der Waals surface area (Å²) in [5, 5.41) is 12.0. The molecule has 3 aromatic heterocycles. The monoisotopic (exact) mass is 536 g/mol. The molecule has 6 aromatic rings. The van der Waals surface area contributed by atoms with E-state index in [1.165, 1.54) is 0 Å². The fourth-order valence-corrected chi connectivity index (χ4v) is 4.62. The van der Waals surface area contributed by atoms with Crippen LogP contribution in [0.2, 0.25) is 5.02 Å². The number of fused-ring (bicyclic) bond motifs is 2. The third kappa shape index (κ3) is 4.59. The number of rotatable bonds is 4. The topological polar surface area (TPSA) is 108 Å². The Bertz CT molecular complexity index is 1930. The average Bonchev–Trinajstić information content (AvgIpc) is 3.54. The van der Waals surface area contributed by atoms with Crippen molar-refractivity contribution in [1.82, 2.24) is 24.7 Å². The zero-order valence-electron chi connectivity index (χ0n) is 21.5. The number of anilines is 1. The Balaban J connectivity index is 1.52. The third-order valence-corrected chi connectivity index (χ3v) is 6.87. The maximum atomic E-state index is 13.3. The summed E-state index contributed by atoms with van der Waals surface area (Å²) in [7, 11) is 0. The summed E-state index contributed by atoms with van der Waals surface area (Å²) in [4.78, 5) is 34.1. The number of aromatic amines is 2. The van der Waals surface area contributed by atoms with Crippen molar-refractivity contribution < 1.29 is 4.79 Å². The van der Waals surface area contributed by atoms with Gasteiger partial charge in [-0.15, -0.1) is 0 Å². The molecule has 0 aliphatic carbocycles. The predicted octanol–water partition coefficient (Wildman–Crippen LogP) is 6.46. The second-order valence-corrected chi connectivity index (χ2v) is 10.9. The number of hydrogen-bond acceptors (Lipinski definition) is 4. The maximum Gasteiger partial charge on any atom is 0.259 e. The molecule has 0 bridgehead atoms. The van der Waals surface area contributed by atoms with Crippen LogP contribution < -0.4 is 10.9 Å². The lowest BCUT2D eigenvalue weighted by atomic mass is 9.92. The SMILES string of the molecule is CC(C)(C)c1cc(-n2c(-c3cc4ccccc4[nH]c3=O)nc3cc(C(=O)Nc4ccc(Cl)cc4)ccc32)n[nH]1. The summed E-state index contributed by atoms with van der Waals surface area (Å²) >= 11 is 5.96. The van der Waals surface area contributed by atoms with Gasteiger partial charge in [-0.2, -0.15) is 5.10 Å². The van der Waals surface area contributed by atoms with Crippen LogP contribution in [0.15, 0.2) is 83.7 Å². The van der Waals surface area contributed by atoms with Gasteiger partial charge in [0.1, 0.15) is 0 Å². The highest BCUT2D eigenvalue weighted by atomic mass is 35.5. The molecular weight excluding hydrogens is 512 g/mol. The maximum absolute atomic E-state index is 13.3. The number of benzene rings is 3. The zero-order chi connectivity index (χ0) is 27.3. The van der Waals surface area contributed by atoms with Crippen LogP contribution in [-0.2, 0) is 5.41 Å². The quantitative estimate of drug-likeness (QED) is 0.240. The number of pyridine rings is 1. The molecule has 194 valence electrons. The van der Waals surface area contributed by atoms with Gasteiger partial charge in [0.05, 0.1) is 16.6 Å². The van der Waals surface area contributed by atoms with E-state index >= 15 is 0 Å². The van der Waals surface area contributed by atoms with Crippen molar-refractivity contribution in [2.75, 3.05) is 5.32 Å². The van der Waals surface area contributed by atoms with Crippen molar-refractivity contribution in [2.45, 2.75) is 26.2 Å². The Labute approximate surface area is 228 Å². The van der Waals surface area contributed by atoms with E-state index in [1.54, 1.807) is 36.4 Å². The van der Waals surface area contributed by atoms with Crippen molar-refractivity contribution >= 4 is 45.1 Å². The van der Waals surface area contributed by atoms with Crippen LogP contribution in [0.25, 0.3) is 39.1 Å².